The van der Waals surface area contributed by atoms with E-state index in [1.807, 2.05) is 26.0 Å². The number of ether oxygens (including phenoxy) is 1. The largest absolute Gasteiger partial charge is 0.481 e. The number of fused-ring (bicyclic) bond motifs is 3. The van der Waals surface area contributed by atoms with Gasteiger partial charge in [-0.1, -0.05) is 0 Å². The second-order valence-corrected chi connectivity index (χ2v) is 5.04. The summed E-state index contributed by atoms with van der Waals surface area (Å²) in [7, 11) is 1.61. The number of hydrogen-bond acceptors (Lipinski definition) is 3. The minimum atomic E-state index is -0.492. The molecule has 0 saturated heterocycles. The summed E-state index contributed by atoms with van der Waals surface area (Å²) in [6.45, 7) is 3.95. The number of rotatable bonds is 1. The molecule has 2 aromatic rings. The first-order valence-electron chi connectivity index (χ1n) is 6.12. The average Bonchev–Trinajstić information content (AvgIpc) is 2.84. The molecule has 5 heteroatoms. The highest BCUT2D eigenvalue weighted by molar-refractivity contribution is 5.94. The Bertz CT molecular complexity index is 658. The van der Waals surface area contributed by atoms with E-state index in [9.17, 15) is 4.79 Å². The molecule has 0 bridgehead atoms. The van der Waals surface area contributed by atoms with Crippen LogP contribution in [0.15, 0.2) is 24.5 Å². The van der Waals surface area contributed by atoms with E-state index in [0.29, 0.717) is 5.69 Å². The fourth-order valence-electron chi connectivity index (χ4n) is 2.40. The maximum absolute atomic E-state index is 11.8. The molecule has 1 aliphatic rings. The lowest BCUT2D eigenvalue weighted by Crippen LogP contribution is -2.28. The second-order valence-electron chi connectivity index (χ2n) is 5.04. The number of pyridine rings is 1. The van der Waals surface area contributed by atoms with Gasteiger partial charge < -0.3 is 15.0 Å². The van der Waals surface area contributed by atoms with Crippen LogP contribution in [0.4, 0.5) is 0 Å². The van der Waals surface area contributed by atoms with Gasteiger partial charge in [0.15, 0.2) is 0 Å². The van der Waals surface area contributed by atoms with Crippen molar-refractivity contribution >= 4 is 5.91 Å². The van der Waals surface area contributed by atoms with E-state index < -0.39 is 5.60 Å². The summed E-state index contributed by atoms with van der Waals surface area (Å²) in [4.78, 5) is 19.0. The maximum atomic E-state index is 11.8. The van der Waals surface area contributed by atoms with Crippen molar-refractivity contribution < 1.29 is 9.53 Å². The monoisotopic (exact) mass is 257 g/mol. The lowest BCUT2D eigenvalue weighted by atomic mass is 9.92. The number of amides is 1. The van der Waals surface area contributed by atoms with Gasteiger partial charge in [0.2, 0.25) is 0 Å². The zero-order valence-corrected chi connectivity index (χ0v) is 11.1. The summed E-state index contributed by atoms with van der Waals surface area (Å²) in [5.41, 5.74) is 2.87. The first kappa shape index (κ1) is 11.8. The van der Waals surface area contributed by atoms with Crippen LogP contribution in [0, 0.1) is 0 Å². The van der Waals surface area contributed by atoms with E-state index >= 15 is 0 Å². The van der Waals surface area contributed by atoms with Gasteiger partial charge >= 0.3 is 0 Å². The summed E-state index contributed by atoms with van der Waals surface area (Å²) in [6.07, 6.45) is 3.41. The fraction of sp³-hybridized carbons (Fsp3) is 0.286. The summed E-state index contributed by atoms with van der Waals surface area (Å²) >= 11 is 0. The molecule has 0 fully saturated rings. The van der Waals surface area contributed by atoms with Gasteiger partial charge in [0, 0.05) is 24.4 Å². The number of nitrogens with one attached hydrogen (secondary N) is 2. The third-order valence-electron chi connectivity index (χ3n) is 3.36. The highest BCUT2D eigenvalue weighted by Gasteiger charge is 2.35. The lowest BCUT2D eigenvalue weighted by molar-refractivity contribution is 0.0958. The molecule has 2 aromatic heterocycles. The highest BCUT2D eigenvalue weighted by Crippen LogP contribution is 2.44. The molecule has 19 heavy (non-hydrogen) atoms. The van der Waals surface area contributed by atoms with Crippen molar-refractivity contribution in [2.75, 3.05) is 7.05 Å². The Kier molecular flexibility index (Phi) is 2.38. The van der Waals surface area contributed by atoms with E-state index in [1.165, 1.54) is 0 Å². The lowest BCUT2D eigenvalue weighted by Gasteiger charge is -2.32. The molecular formula is C14H15N3O2. The Labute approximate surface area is 111 Å². The highest BCUT2D eigenvalue weighted by atomic mass is 16.5. The van der Waals surface area contributed by atoms with Gasteiger partial charge in [-0.3, -0.25) is 9.78 Å². The van der Waals surface area contributed by atoms with Gasteiger partial charge in [-0.05, 0) is 26.0 Å². The molecule has 0 aromatic carbocycles. The van der Waals surface area contributed by atoms with Crippen LogP contribution in [0.2, 0.25) is 0 Å². The number of nitrogens with zero attached hydrogens (tertiary/aromatic N) is 1. The molecule has 1 aliphatic heterocycles. The molecule has 0 aliphatic carbocycles. The zero-order valence-electron chi connectivity index (χ0n) is 11.1. The third-order valence-corrected chi connectivity index (χ3v) is 3.36. The molecule has 0 unspecified atom stereocenters. The molecule has 3 rings (SSSR count). The van der Waals surface area contributed by atoms with Crippen LogP contribution in [0.3, 0.4) is 0 Å². The van der Waals surface area contributed by atoms with Crippen molar-refractivity contribution in [3.63, 3.8) is 0 Å². The number of carbonyl (C=O) groups excluding carboxylic acids is 1. The average molecular weight is 257 g/mol. The van der Waals surface area contributed by atoms with Crippen LogP contribution in [0.1, 0.15) is 29.9 Å². The first-order valence-corrected chi connectivity index (χ1v) is 6.12. The molecule has 3 heterocycles. The predicted octanol–water partition coefficient (Wildman–Crippen LogP) is 2.06. The fourth-order valence-corrected chi connectivity index (χ4v) is 2.40. The molecule has 1 amide bonds. The SMILES string of the molecule is CNC(=O)c1cc2c([nH]1)-c1ccncc1OC2(C)C. The van der Waals surface area contributed by atoms with Crippen LogP contribution in [-0.2, 0) is 5.60 Å². The molecule has 0 spiro atoms. The van der Waals surface area contributed by atoms with Crippen molar-refractivity contribution in [1.29, 1.82) is 0 Å². The van der Waals surface area contributed by atoms with Crippen LogP contribution in [-0.4, -0.2) is 22.9 Å². The number of carbonyl (C=O) groups is 1. The van der Waals surface area contributed by atoms with Gasteiger partial charge in [0.05, 0.1) is 11.9 Å². The standard InChI is InChI=1S/C14H15N3O2/c1-14(2)9-6-10(13(18)15-3)17-12(9)8-4-5-16-7-11(8)19-14/h4-7,17H,1-3H3,(H,15,18). The van der Waals surface area contributed by atoms with Gasteiger partial charge in [-0.15, -0.1) is 0 Å². The summed E-state index contributed by atoms with van der Waals surface area (Å²) < 4.78 is 5.96. The van der Waals surface area contributed by atoms with E-state index in [0.717, 1.165) is 22.6 Å². The number of H-pyrrole nitrogens is 1. The van der Waals surface area contributed by atoms with Gasteiger partial charge in [0.25, 0.3) is 5.91 Å². The van der Waals surface area contributed by atoms with Crippen molar-refractivity contribution in [3.05, 3.63) is 35.8 Å². The molecular weight excluding hydrogens is 242 g/mol. The van der Waals surface area contributed by atoms with Crippen LogP contribution < -0.4 is 10.1 Å². The maximum Gasteiger partial charge on any atom is 0.267 e. The molecule has 0 radical (unpaired) electrons. The second kappa shape index (κ2) is 3.85. The van der Waals surface area contributed by atoms with Crippen LogP contribution in [0.5, 0.6) is 5.75 Å². The summed E-state index contributed by atoms with van der Waals surface area (Å²) in [6, 6.07) is 3.73. The minimum Gasteiger partial charge on any atom is -0.481 e. The van der Waals surface area contributed by atoms with Crippen molar-refractivity contribution in [2.45, 2.75) is 19.4 Å². The van der Waals surface area contributed by atoms with Crippen LogP contribution in [0.25, 0.3) is 11.3 Å². The van der Waals surface area contributed by atoms with Crippen LogP contribution >= 0.6 is 0 Å². The predicted molar refractivity (Wildman–Crippen MR) is 71.1 cm³/mol. The van der Waals surface area contributed by atoms with Crippen molar-refractivity contribution in [2.24, 2.45) is 0 Å². The number of aromatic nitrogens is 2. The Morgan fingerprint density at radius 2 is 2.26 bits per heavy atom. The van der Waals surface area contributed by atoms with E-state index in [2.05, 4.69) is 15.3 Å². The Balaban J connectivity index is 2.23. The molecule has 5 nitrogen and oxygen atoms in total. The van der Waals surface area contributed by atoms with Gasteiger partial charge in [-0.2, -0.15) is 0 Å². The first-order chi connectivity index (χ1) is 9.03. The smallest absolute Gasteiger partial charge is 0.267 e. The molecule has 2 N–H and O–H groups in total. The Hall–Kier alpha value is -2.30. The van der Waals surface area contributed by atoms with E-state index in [4.69, 9.17) is 4.74 Å². The number of aromatic amines is 1. The van der Waals surface area contributed by atoms with Gasteiger partial charge in [0.1, 0.15) is 17.0 Å². The topological polar surface area (TPSA) is 67.0 Å². The molecule has 0 saturated carbocycles. The van der Waals surface area contributed by atoms with Crippen molar-refractivity contribution in [1.82, 2.24) is 15.3 Å². The quantitative estimate of drug-likeness (QED) is 0.821. The zero-order chi connectivity index (χ0) is 13.6. The van der Waals surface area contributed by atoms with Gasteiger partial charge in [-0.25, -0.2) is 0 Å². The Morgan fingerprint density at radius 1 is 1.47 bits per heavy atom. The summed E-state index contributed by atoms with van der Waals surface area (Å²) in [5, 5.41) is 2.62. The molecule has 0 atom stereocenters. The Morgan fingerprint density at radius 3 is 3.00 bits per heavy atom. The van der Waals surface area contributed by atoms with Crippen molar-refractivity contribution in [3.8, 4) is 17.0 Å². The number of hydrogen-bond donors (Lipinski definition) is 2. The summed E-state index contributed by atoms with van der Waals surface area (Å²) in [5.74, 6) is 0.589. The van der Waals surface area contributed by atoms with E-state index in [1.54, 1.807) is 19.4 Å². The third kappa shape index (κ3) is 1.69. The molecule has 98 valence electrons. The normalized spacial score (nSPS) is 15.1. The minimum absolute atomic E-state index is 0.138. The van der Waals surface area contributed by atoms with E-state index in [-0.39, 0.29) is 5.91 Å².